The van der Waals surface area contributed by atoms with Crippen LogP contribution >= 0.6 is 15.6 Å². The zero-order valence-corrected chi connectivity index (χ0v) is 72.2. The first-order chi connectivity index (χ1) is 51.9. The number of hydrogen-bond donors (Lipinski definition) is 3. The van der Waals surface area contributed by atoms with Gasteiger partial charge in [0.2, 0.25) is 0 Å². The molecule has 0 heterocycles. The van der Waals surface area contributed by atoms with Gasteiger partial charge >= 0.3 is 39.5 Å². The van der Waals surface area contributed by atoms with Crippen LogP contribution in [0.25, 0.3) is 0 Å². The van der Waals surface area contributed by atoms with E-state index >= 15 is 0 Å². The van der Waals surface area contributed by atoms with Crippen LogP contribution in [0.15, 0.2) is 0 Å². The molecule has 0 spiro atoms. The summed E-state index contributed by atoms with van der Waals surface area (Å²) >= 11 is 0. The smallest absolute Gasteiger partial charge is 0.462 e. The predicted octanol–water partition coefficient (Wildman–Crippen LogP) is 27.0. The van der Waals surface area contributed by atoms with Gasteiger partial charge in [-0.3, -0.25) is 37.3 Å². The first-order valence-corrected chi connectivity index (χ1v) is 48.5. The van der Waals surface area contributed by atoms with Gasteiger partial charge in [-0.05, 0) is 37.5 Å². The van der Waals surface area contributed by atoms with Gasteiger partial charge in [0.15, 0.2) is 12.2 Å². The molecule has 19 heteroatoms. The van der Waals surface area contributed by atoms with Crippen LogP contribution in [0.1, 0.15) is 472 Å². The number of aliphatic hydroxyl groups is 1. The maximum atomic E-state index is 13.2. The summed E-state index contributed by atoms with van der Waals surface area (Å²) in [6, 6.07) is 0. The first kappa shape index (κ1) is 105. The average molecular weight is 1560 g/mol. The zero-order chi connectivity index (χ0) is 78.5. The lowest BCUT2D eigenvalue weighted by molar-refractivity contribution is -0.161. The molecule has 3 N–H and O–H groups in total. The molecule has 17 nitrogen and oxygen atoms in total. The minimum atomic E-state index is -4.97. The molecule has 0 aliphatic carbocycles. The lowest BCUT2D eigenvalue weighted by atomic mass is 9.99. The summed E-state index contributed by atoms with van der Waals surface area (Å²) in [6.45, 7) is 9.73. The fraction of sp³-hybridized carbons (Fsp3) is 0.955. The van der Waals surface area contributed by atoms with Gasteiger partial charge in [0.05, 0.1) is 26.4 Å². The number of aliphatic hydroxyl groups excluding tert-OH is 1. The highest BCUT2D eigenvalue weighted by molar-refractivity contribution is 7.47. The van der Waals surface area contributed by atoms with Crippen molar-refractivity contribution < 1.29 is 80.2 Å². The minimum absolute atomic E-state index is 0.107. The van der Waals surface area contributed by atoms with Crippen LogP contribution in [0.2, 0.25) is 0 Å². The van der Waals surface area contributed by atoms with E-state index in [2.05, 4.69) is 41.5 Å². The maximum Gasteiger partial charge on any atom is 0.472 e. The van der Waals surface area contributed by atoms with E-state index in [0.717, 1.165) is 102 Å². The van der Waals surface area contributed by atoms with Crippen LogP contribution in [0.5, 0.6) is 0 Å². The van der Waals surface area contributed by atoms with Gasteiger partial charge in [-0.25, -0.2) is 9.13 Å². The Labute approximate surface area is 658 Å². The predicted molar refractivity (Wildman–Crippen MR) is 442 cm³/mol. The third-order valence-corrected chi connectivity index (χ3v) is 23.0. The van der Waals surface area contributed by atoms with Gasteiger partial charge < -0.3 is 33.8 Å². The minimum Gasteiger partial charge on any atom is -0.462 e. The summed E-state index contributed by atoms with van der Waals surface area (Å²) in [5, 5.41) is 10.7. The van der Waals surface area contributed by atoms with Crippen molar-refractivity contribution in [2.24, 2.45) is 11.8 Å². The molecule has 0 amide bonds. The van der Waals surface area contributed by atoms with Crippen molar-refractivity contribution in [1.29, 1.82) is 0 Å². The Hall–Kier alpha value is -1.94. The van der Waals surface area contributed by atoms with Crippen LogP contribution in [0, 0.1) is 11.8 Å². The maximum absolute atomic E-state index is 13.2. The van der Waals surface area contributed by atoms with Gasteiger partial charge in [-0.1, -0.05) is 420 Å². The van der Waals surface area contributed by atoms with Gasteiger partial charge in [-0.2, -0.15) is 0 Å². The normalized spacial score (nSPS) is 14.0. The number of hydrogen-bond acceptors (Lipinski definition) is 15. The van der Waals surface area contributed by atoms with Crippen molar-refractivity contribution >= 4 is 39.5 Å². The van der Waals surface area contributed by atoms with Crippen molar-refractivity contribution in [3.05, 3.63) is 0 Å². The largest absolute Gasteiger partial charge is 0.472 e. The summed E-state index contributed by atoms with van der Waals surface area (Å²) in [5.74, 6) is -0.477. The van der Waals surface area contributed by atoms with Crippen LogP contribution in [0.3, 0.4) is 0 Å². The fourth-order valence-corrected chi connectivity index (χ4v) is 15.3. The summed E-state index contributed by atoms with van der Waals surface area (Å²) in [7, 11) is -9.93. The lowest BCUT2D eigenvalue weighted by Gasteiger charge is -2.21. The molecule has 107 heavy (non-hydrogen) atoms. The van der Waals surface area contributed by atoms with Crippen molar-refractivity contribution in [2.45, 2.75) is 490 Å². The fourth-order valence-electron chi connectivity index (χ4n) is 13.7. The molecule has 3 unspecified atom stereocenters. The Morgan fingerprint density at radius 1 is 0.271 bits per heavy atom. The Kier molecular flexibility index (Phi) is 77.9. The lowest BCUT2D eigenvalue weighted by Crippen LogP contribution is -2.30. The van der Waals surface area contributed by atoms with Crippen molar-refractivity contribution in [2.75, 3.05) is 39.6 Å². The molecule has 0 aromatic heterocycles. The quantitative estimate of drug-likeness (QED) is 0.0222. The highest BCUT2D eigenvalue weighted by Crippen LogP contribution is 2.45. The van der Waals surface area contributed by atoms with E-state index in [1.807, 2.05) is 0 Å². The zero-order valence-electron chi connectivity index (χ0n) is 70.5. The topological polar surface area (TPSA) is 237 Å². The van der Waals surface area contributed by atoms with Gasteiger partial charge in [0.25, 0.3) is 0 Å². The van der Waals surface area contributed by atoms with E-state index in [1.54, 1.807) is 0 Å². The Balaban J connectivity index is 5.22. The molecular formula is C88H172O17P2. The average Bonchev–Trinajstić information content (AvgIpc) is 0.886. The molecule has 0 bridgehead atoms. The number of rotatable bonds is 87. The number of unbranched alkanes of at least 4 members (excludes halogenated alkanes) is 56. The summed E-state index contributed by atoms with van der Waals surface area (Å²) in [4.78, 5) is 73.3. The molecule has 0 rings (SSSR count). The second-order valence-electron chi connectivity index (χ2n) is 32.4. The number of esters is 4. The van der Waals surface area contributed by atoms with Gasteiger partial charge in [0, 0.05) is 25.7 Å². The third kappa shape index (κ3) is 80.5. The van der Waals surface area contributed by atoms with Crippen LogP contribution in [-0.2, 0) is 65.4 Å². The molecular weight excluding hydrogens is 1390 g/mol. The van der Waals surface area contributed by atoms with Crippen LogP contribution in [0.4, 0.5) is 0 Å². The summed E-state index contributed by atoms with van der Waals surface area (Å²) in [6.07, 6.45) is 72.2. The summed E-state index contributed by atoms with van der Waals surface area (Å²) < 4.78 is 68.9. The highest BCUT2D eigenvalue weighted by atomic mass is 31.2. The second kappa shape index (κ2) is 79.3. The molecule has 0 aromatic carbocycles. The highest BCUT2D eigenvalue weighted by Gasteiger charge is 2.31. The van der Waals surface area contributed by atoms with E-state index in [1.165, 1.54) is 289 Å². The molecule has 636 valence electrons. The van der Waals surface area contributed by atoms with E-state index in [0.29, 0.717) is 25.7 Å². The molecule has 0 fully saturated rings. The molecule has 0 aromatic rings. The molecule has 6 atom stereocenters. The van der Waals surface area contributed by atoms with Gasteiger partial charge in [0.1, 0.15) is 19.3 Å². The molecule has 0 aliphatic heterocycles. The third-order valence-electron chi connectivity index (χ3n) is 21.1. The number of phosphoric acid groups is 2. The van der Waals surface area contributed by atoms with E-state index in [9.17, 15) is 43.2 Å². The molecule has 0 saturated carbocycles. The number of phosphoric ester groups is 2. The SMILES string of the molecule is CCCCCCCCCCCCCCCCCCCCCCCC(=O)OC[C@H](COP(=O)(O)OC[C@@H](O)COP(=O)(O)OC[C@@H](COC(=O)CCCCCCCCCCCCC)OC(=O)CCCCCCCCCCCCC(C)CC)OC(=O)CCCCCCCCCCCCCCCCCCCCC(C)C. The number of carbonyl (C=O) groups excluding carboxylic acids is 4. The van der Waals surface area contributed by atoms with E-state index in [-0.39, 0.29) is 25.7 Å². The molecule has 0 aliphatic rings. The number of carbonyl (C=O) groups is 4. The second-order valence-corrected chi connectivity index (χ2v) is 35.3. The van der Waals surface area contributed by atoms with E-state index in [4.69, 9.17) is 37.0 Å². The van der Waals surface area contributed by atoms with Crippen LogP contribution in [-0.4, -0.2) is 96.7 Å². The summed E-state index contributed by atoms with van der Waals surface area (Å²) in [5.41, 5.74) is 0. The first-order valence-electron chi connectivity index (χ1n) is 45.5. The van der Waals surface area contributed by atoms with Crippen molar-refractivity contribution in [1.82, 2.24) is 0 Å². The monoisotopic (exact) mass is 1560 g/mol. The Morgan fingerprint density at radius 3 is 0.710 bits per heavy atom. The standard InChI is InChI=1S/C88H172O17P2/c1-7-10-12-14-16-18-20-21-22-23-24-25-26-30-33-36-40-47-53-59-65-71-86(91)99-77-83(104-87(92)72-66-60-54-48-41-37-34-31-28-27-29-32-35-39-44-50-56-62-68-80(4)5)78-102-106(94,95)100-74-82(89)75-101-107(96,97)103-79-84(76-98-85(90)70-64-58-52-46-38-19-17-15-13-11-8-2)105-88(93)73-67-61-55-49-43-42-45-51-57-63-69-81(6)9-3/h80-84,89H,7-79H2,1-6H3,(H,94,95)(H,96,97)/t81?,82-,83-,84-/m1/s1. The molecule has 0 radical (unpaired) electrons. The van der Waals surface area contributed by atoms with Crippen molar-refractivity contribution in [3.8, 4) is 0 Å². The number of ether oxygens (including phenoxy) is 4. The van der Waals surface area contributed by atoms with Gasteiger partial charge in [-0.15, -0.1) is 0 Å². The van der Waals surface area contributed by atoms with Crippen LogP contribution < -0.4 is 0 Å². The van der Waals surface area contributed by atoms with E-state index < -0.39 is 97.5 Å². The van der Waals surface area contributed by atoms with Crippen molar-refractivity contribution in [3.63, 3.8) is 0 Å². The Morgan fingerprint density at radius 2 is 0.477 bits per heavy atom. The Bertz CT molecular complexity index is 2050. The molecule has 0 saturated heterocycles.